The Morgan fingerprint density at radius 2 is 1.69 bits per heavy atom. The van der Waals surface area contributed by atoms with Gasteiger partial charge in [0, 0.05) is 0 Å². The smallest absolute Gasteiger partial charge is 0.166 e. The Kier molecular flexibility index (Phi) is 4.95. The Balaban J connectivity index is 1.61. The van der Waals surface area contributed by atoms with Gasteiger partial charge in [0.15, 0.2) is 11.6 Å². The molecule has 5 heteroatoms. The largest absolute Gasteiger partial charge is 0.454 e. The van der Waals surface area contributed by atoms with E-state index in [2.05, 4.69) is 5.48 Å². The van der Waals surface area contributed by atoms with Crippen molar-refractivity contribution in [2.45, 2.75) is 57.7 Å². The lowest BCUT2D eigenvalue weighted by molar-refractivity contribution is -0.130. The van der Waals surface area contributed by atoms with Crippen molar-refractivity contribution in [3.8, 4) is 11.5 Å². The standard InChI is InChI=1S/C21H26FNO3/c1-20(2,24)21(3,4)26-23-16-8-10-17(11-9-16)25-19-12-7-15(13-18(19)22)14-5-6-14/h7-14,23-24H,5-6H2,1-4H3. The lowest BCUT2D eigenvalue weighted by atomic mass is 9.90. The maximum absolute atomic E-state index is 14.2. The van der Waals surface area contributed by atoms with E-state index in [4.69, 9.17) is 9.57 Å². The fourth-order valence-electron chi connectivity index (χ4n) is 2.30. The van der Waals surface area contributed by atoms with Crippen LogP contribution in [-0.2, 0) is 4.84 Å². The molecule has 0 unspecified atom stereocenters. The summed E-state index contributed by atoms with van der Waals surface area (Å²) in [4.78, 5) is 5.60. The highest BCUT2D eigenvalue weighted by atomic mass is 19.1. The van der Waals surface area contributed by atoms with Crippen LogP contribution in [0.3, 0.4) is 0 Å². The summed E-state index contributed by atoms with van der Waals surface area (Å²) < 4.78 is 19.8. The topological polar surface area (TPSA) is 50.7 Å². The number of rotatable bonds is 7. The van der Waals surface area contributed by atoms with Crippen molar-refractivity contribution < 1.29 is 19.1 Å². The second-order valence-corrected chi connectivity index (χ2v) is 7.86. The average Bonchev–Trinajstić information content (AvgIpc) is 3.40. The molecule has 0 saturated heterocycles. The molecule has 2 aromatic carbocycles. The van der Waals surface area contributed by atoms with Gasteiger partial charge in [-0.05, 0) is 88.4 Å². The molecule has 4 nitrogen and oxygen atoms in total. The van der Waals surface area contributed by atoms with Crippen LogP contribution in [0.4, 0.5) is 10.1 Å². The fraction of sp³-hybridized carbons (Fsp3) is 0.429. The van der Waals surface area contributed by atoms with Crippen LogP contribution in [0.2, 0.25) is 0 Å². The molecule has 0 heterocycles. The summed E-state index contributed by atoms with van der Waals surface area (Å²) >= 11 is 0. The molecule has 3 rings (SSSR count). The van der Waals surface area contributed by atoms with Crippen LogP contribution < -0.4 is 10.2 Å². The summed E-state index contributed by atoms with van der Waals surface area (Å²) in [5.41, 5.74) is 2.79. The van der Waals surface area contributed by atoms with E-state index in [0.29, 0.717) is 17.4 Å². The van der Waals surface area contributed by atoms with Gasteiger partial charge in [0.05, 0.1) is 11.3 Å². The number of anilines is 1. The third kappa shape index (κ3) is 4.34. The number of hydrogen-bond acceptors (Lipinski definition) is 4. The van der Waals surface area contributed by atoms with E-state index in [1.165, 1.54) is 0 Å². The minimum atomic E-state index is -1.01. The maximum Gasteiger partial charge on any atom is 0.166 e. The summed E-state index contributed by atoms with van der Waals surface area (Å²) in [6.45, 7) is 6.97. The van der Waals surface area contributed by atoms with Crippen molar-refractivity contribution in [3.05, 3.63) is 53.8 Å². The number of aliphatic hydroxyl groups is 1. The molecule has 26 heavy (non-hydrogen) atoms. The van der Waals surface area contributed by atoms with Gasteiger partial charge in [-0.2, -0.15) is 0 Å². The van der Waals surface area contributed by atoms with Gasteiger partial charge in [0.1, 0.15) is 11.4 Å². The van der Waals surface area contributed by atoms with Crippen LogP contribution >= 0.6 is 0 Å². The van der Waals surface area contributed by atoms with Crippen molar-refractivity contribution >= 4 is 5.69 Å². The molecule has 1 saturated carbocycles. The Hall–Kier alpha value is -2.11. The van der Waals surface area contributed by atoms with Gasteiger partial charge in [-0.1, -0.05) is 6.07 Å². The molecule has 0 spiro atoms. The Morgan fingerprint density at radius 3 is 2.23 bits per heavy atom. The van der Waals surface area contributed by atoms with Gasteiger partial charge in [0.25, 0.3) is 0 Å². The quantitative estimate of drug-likeness (QED) is 0.651. The first-order chi connectivity index (χ1) is 12.2. The maximum atomic E-state index is 14.2. The minimum Gasteiger partial charge on any atom is -0.454 e. The number of benzene rings is 2. The molecular formula is C21H26FNO3. The molecule has 2 N–H and O–H groups in total. The summed E-state index contributed by atoms with van der Waals surface area (Å²) in [5, 5.41) is 10.1. The van der Waals surface area contributed by atoms with Gasteiger partial charge in [-0.3, -0.25) is 10.3 Å². The summed E-state index contributed by atoms with van der Waals surface area (Å²) in [6.07, 6.45) is 2.28. The SMILES string of the molecule is CC(C)(O)C(C)(C)ONc1ccc(Oc2ccc(C3CC3)cc2F)cc1. The molecule has 140 valence electrons. The predicted molar refractivity (Wildman–Crippen MR) is 100.0 cm³/mol. The monoisotopic (exact) mass is 359 g/mol. The normalized spacial score (nSPS) is 15.0. The Labute approximate surface area is 153 Å². The van der Waals surface area contributed by atoms with Crippen molar-refractivity contribution in [2.24, 2.45) is 0 Å². The van der Waals surface area contributed by atoms with E-state index >= 15 is 0 Å². The molecule has 1 aliphatic rings. The highest BCUT2D eigenvalue weighted by Crippen LogP contribution is 2.41. The zero-order valence-corrected chi connectivity index (χ0v) is 15.7. The van der Waals surface area contributed by atoms with E-state index in [-0.39, 0.29) is 11.6 Å². The fourth-order valence-corrected chi connectivity index (χ4v) is 2.30. The number of nitrogens with one attached hydrogen (secondary N) is 1. The average molecular weight is 359 g/mol. The number of halogens is 1. The van der Waals surface area contributed by atoms with Gasteiger partial charge in [-0.15, -0.1) is 0 Å². The van der Waals surface area contributed by atoms with E-state index in [9.17, 15) is 9.50 Å². The predicted octanol–water partition coefficient (Wildman–Crippen LogP) is 5.39. The first kappa shape index (κ1) is 18.7. The van der Waals surface area contributed by atoms with Crippen LogP contribution in [0.1, 0.15) is 52.0 Å². The zero-order chi connectivity index (χ0) is 18.9. The first-order valence-electron chi connectivity index (χ1n) is 8.89. The van der Waals surface area contributed by atoms with Crippen LogP contribution in [0.15, 0.2) is 42.5 Å². The van der Waals surface area contributed by atoms with Crippen molar-refractivity contribution in [1.82, 2.24) is 0 Å². The third-order valence-electron chi connectivity index (χ3n) is 4.98. The first-order valence-corrected chi connectivity index (χ1v) is 8.89. The lowest BCUT2D eigenvalue weighted by Gasteiger charge is -2.36. The molecule has 0 atom stereocenters. The third-order valence-corrected chi connectivity index (χ3v) is 4.98. The molecule has 1 aliphatic carbocycles. The minimum absolute atomic E-state index is 0.217. The van der Waals surface area contributed by atoms with Gasteiger partial charge in [-0.25, -0.2) is 4.39 Å². The molecule has 2 aromatic rings. The summed E-state index contributed by atoms with van der Waals surface area (Å²) in [6, 6.07) is 12.2. The molecule has 0 aromatic heterocycles. The van der Waals surface area contributed by atoms with E-state index in [1.807, 2.05) is 6.07 Å². The zero-order valence-electron chi connectivity index (χ0n) is 15.7. The van der Waals surface area contributed by atoms with E-state index in [0.717, 1.165) is 18.4 Å². The molecule has 1 fully saturated rings. The van der Waals surface area contributed by atoms with Gasteiger partial charge >= 0.3 is 0 Å². The van der Waals surface area contributed by atoms with Crippen molar-refractivity contribution in [2.75, 3.05) is 5.48 Å². The van der Waals surface area contributed by atoms with E-state index in [1.54, 1.807) is 64.1 Å². The molecule has 0 aliphatic heterocycles. The summed E-state index contributed by atoms with van der Waals surface area (Å²) in [7, 11) is 0. The van der Waals surface area contributed by atoms with Gasteiger partial charge < -0.3 is 9.84 Å². The van der Waals surface area contributed by atoms with Crippen LogP contribution in [0.25, 0.3) is 0 Å². The van der Waals surface area contributed by atoms with Crippen molar-refractivity contribution in [3.63, 3.8) is 0 Å². The highest BCUT2D eigenvalue weighted by Gasteiger charge is 2.37. The second-order valence-electron chi connectivity index (χ2n) is 7.86. The number of ether oxygens (including phenoxy) is 1. The second kappa shape index (κ2) is 6.89. The van der Waals surface area contributed by atoms with Gasteiger partial charge in [0.2, 0.25) is 0 Å². The Morgan fingerprint density at radius 1 is 1.04 bits per heavy atom. The lowest BCUT2D eigenvalue weighted by Crippen LogP contribution is -2.48. The number of hydrogen-bond donors (Lipinski definition) is 2. The Bertz CT molecular complexity index is 762. The highest BCUT2D eigenvalue weighted by molar-refractivity contribution is 5.46. The van der Waals surface area contributed by atoms with Crippen LogP contribution in [0.5, 0.6) is 11.5 Å². The molecule has 0 amide bonds. The van der Waals surface area contributed by atoms with E-state index < -0.39 is 11.2 Å². The van der Waals surface area contributed by atoms with Crippen LogP contribution in [-0.4, -0.2) is 16.3 Å². The van der Waals surface area contributed by atoms with Crippen LogP contribution in [0, 0.1) is 5.82 Å². The molecular weight excluding hydrogens is 333 g/mol. The summed E-state index contributed by atoms with van der Waals surface area (Å²) in [5.74, 6) is 0.925. The van der Waals surface area contributed by atoms with Crippen molar-refractivity contribution in [1.29, 1.82) is 0 Å². The molecule has 0 radical (unpaired) electrons. The molecule has 0 bridgehead atoms.